The molecular formula is C4H8N2OS. The van der Waals surface area contributed by atoms with E-state index in [1.807, 2.05) is 11.2 Å². The SMILES string of the molecule is CCN1CC(=O)NS1. The topological polar surface area (TPSA) is 32.3 Å². The maximum atomic E-state index is 10.4. The van der Waals surface area contributed by atoms with Crippen molar-refractivity contribution in [2.75, 3.05) is 13.1 Å². The van der Waals surface area contributed by atoms with E-state index in [9.17, 15) is 4.79 Å². The summed E-state index contributed by atoms with van der Waals surface area (Å²) in [7, 11) is 0. The zero-order chi connectivity index (χ0) is 5.98. The predicted molar refractivity (Wildman–Crippen MR) is 33.0 cm³/mol. The van der Waals surface area contributed by atoms with Crippen molar-refractivity contribution in [1.29, 1.82) is 0 Å². The van der Waals surface area contributed by atoms with Crippen LogP contribution in [0.5, 0.6) is 0 Å². The molecule has 3 nitrogen and oxygen atoms in total. The van der Waals surface area contributed by atoms with Crippen LogP contribution in [0.15, 0.2) is 0 Å². The van der Waals surface area contributed by atoms with Crippen LogP contribution in [-0.4, -0.2) is 23.3 Å². The minimum atomic E-state index is 0.108. The molecule has 0 aliphatic carbocycles. The molecule has 1 N–H and O–H groups in total. The van der Waals surface area contributed by atoms with Crippen LogP contribution in [0.1, 0.15) is 6.92 Å². The molecule has 0 bridgehead atoms. The Balaban J connectivity index is 2.32. The largest absolute Gasteiger partial charge is 0.286 e. The second-order valence-electron chi connectivity index (χ2n) is 1.57. The van der Waals surface area contributed by atoms with Crippen molar-refractivity contribution in [3.63, 3.8) is 0 Å². The summed E-state index contributed by atoms with van der Waals surface area (Å²) in [5, 5.41) is 0. The first kappa shape index (κ1) is 5.91. The van der Waals surface area contributed by atoms with Crippen LogP contribution in [0.3, 0.4) is 0 Å². The van der Waals surface area contributed by atoms with E-state index >= 15 is 0 Å². The van der Waals surface area contributed by atoms with Gasteiger partial charge in [-0.2, -0.15) is 0 Å². The van der Waals surface area contributed by atoms with E-state index in [1.165, 1.54) is 12.1 Å². The Morgan fingerprint density at radius 3 is 3.00 bits per heavy atom. The Morgan fingerprint density at radius 2 is 2.75 bits per heavy atom. The number of amides is 1. The van der Waals surface area contributed by atoms with E-state index in [0.717, 1.165) is 6.54 Å². The molecule has 46 valence electrons. The fourth-order valence-electron chi connectivity index (χ4n) is 0.517. The number of hydrogen-bond acceptors (Lipinski definition) is 3. The van der Waals surface area contributed by atoms with Crippen LogP contribution in [0.25, 0.3) is 0 Å². The summed E-state index contributed by atoms with van der Waals surface area (Å²) in [5.74, 6) is 0.108. The van der Waals surface area contributed by atoms with Crippen molar-refractivity contribution in [2.45, 2.75) is 6.92 Å². The molecule has 1 amide bonds. The highest BCUT2D eigenvalue weighted by Gasteiger charge is 2.16. The number of hydrogen-bond donors (Lipinski definition) is 1. The molecule has 1 heterocycles. The molecule has 1 aliphatic heterocycles. The van der Waals surface area contributed by atoms with Gasteiger partial charge in [-0.15, -0.1) is 0 Å². The molecule has 0 aromatic carbocycles. The summed E-state index contributed by atoms with van der Waals surface area (Å²) in [6, 6.07) is 0. The summed E-state index contributed by atoms with van der Waals surface area (Å²) in [6.07, 6.45) is 0. The summed E-state index contributed by atoms with van der Waals surface area (Å²) in [5.41, 5.74) is 0. The van der Waals surface area contributed by atoms with E-state index in [4.69, 9.17) is 0 Å². The Hall–Kier alpha value is -0.220. The first-order chi connectivity index (χ1) is 3.83. The quantitative estimate of drug-likeness (QED) is 0.510. The predicted octanol–water partition coefficient (Wildman–Crippen LogP) is 0.00130. The highest BCUT2D eigenvalue weighted by Crippen LogP contribution is 2.09. The van der Waals surface area contributed by atoms with Crippen LogP contribution in [0.2, 0.25) is 0 Å². The minimum Gasteiger partial charge on any atom is -0.286 e. The van der Waals surface area contributed by atoms with Gasteiger partial charge in [0.25, 0.3) is 0 Å². The van der Waals surface area contributed by atoms with Gasteiger partial charge < -0.3 is 0 Å². The highest BCUT2D eigenvalue weighted by atomic mass is 32.2. The van der Waals surface area contributed by atoms with Gasteiger partial charge in [0.2, 0.25) is 5.91 Å². The Bertz CT molecular complexity index is 106. The molecule has 0 aromatic heterocycles. The third-order valence-corrected chi connectivity index (χ3v) is 1.93. The average molecular weight is 132 g/mol. The van der Waals surface area contributed by atoms with Crippen molar-refractivity contribution < 1.29 is 4.79 Å². The lowest BCUT2D eigenvalue weighted by Gasteiger charge is -2.03. The average Bonchev–Trinajstić information content (AvgIpc) is 2.14. The summed E-state index contributed by atoms with van der Waals surface area (Å²) in [4.78, 5) is 10.4. The van der Waals surface area contributed by atoms with Gasteiger partial charge in [-0.05, 0) is 0 Å². The third-order valence-electron chi connectivity index (χ3n) is 0.961. The van der Waals surface area contributed by atoms with Crippen molar-refractivity contribution in [2.24, 2.45) is 0 Å². The molecule has 0 aromatic rings. The number of rotatable bonds is 1. The molecule has 1 rings (SSSR count). The molecule has 0 saturated carbocycles. The van der Waals surface area contributed by atoms with Crippen LogP contribution in [0.4, 0.5) is 0 Å². The van der Waals surface area contributed by atoms with Crippen molar-refractivity contribution in [3.05, 3.63) is 0 Å². The molecule has 1 aliphatic rings. The summed E-state index contributed by atoms with van der Waals surface area (Å²) in [6.45, 7) is 3.48. The fraction of sp³-hybridized carbons (Fsp3) is 0.750. The van der Waals surface area contributed by atoms with Crippen LogP contribution < -0.4 is 4.72 Å². The number of carbonyl (C=O) groups is 1. The maximum Gasteiger partial charge on any atom is 0.245 e. The Kier molecular flexibility index (Phi) is 1.75. The van der Waals surface area contributed by atoms with E-state index in [0.29, 0.717) is 6.54 Å². The van der Waals surface area contributed by atoms with E-state index in [1.54, 1.807) is 0 Å². The van der Waals surface area contributed by atoms with Crippen LogP contribution in [-0.2, 0) is 4.79 Å². The van der Waals surface area contributed by atoms with Gasteiger partial charge in [0, 0.05) is 18.7 Å². The smallest absolute Gasteiger partial charge is 0.245 e. The second kappa shape index (κ2) is 2.37. The van der Waals surface area contributed by atoms with Gasteiger partial charge in [0.15, 0.2) is 0 Å². The van der Waals surface area contributed by atoms with E-state index < -0.39 is 0 Å². The maximum absolute atomic E-state index is 10.4. The monoisotopic (exact) mass is 132 g/mol. The van der Waals surface area contributed by atoms with Crippen LogP contribution in [0, 0.1) is 0 Å². The zero-order valence-corrected chi connectivity index (χ0v) is 5.49. The molecular weight excluding hydrogens is 124 g/mol. The Morgan fingerprint density at radius 1 is 2.00 bits per heavy atom. The lowest BCUT2D eigenvalue weighted by Crippen LogP contribution is -2.15. The fourth-order valence-corrected chi connectivity index (χ4v) is 1.12. The van der Waals surface area contributed by atoms with Crippen LogP contribution >= 0.6 is 12.1 Å². The van der Waals surface area contributed by atoms with Gasteiger partial charge in [0.1, 0.15) is 0 Å². The first-order valence-electron chi connectivity index (χ1n) is 2.53. The van der Waals surface area contributed by atoms with E-state index in [-0.39, 0.29) is 5.91 Å². The highest BCUT2D eigenvalue weighted by molar-refractivity contribution is 7.96. The molecule has 0 radical (unpaired) electrons. The number of likely N-dealkylation sites (N-methyl/N-ethyl adjacent to an activating group) is 1. The van der Waals surface area contributed by atoms with Gasteiger partial charge in [-0.25, -0.2) is 4.31 Å². The molecule has 0 atom stereocenters. The van der Waals surface area contributed by atoms with Gasteiger partial charge >= 0.3 is 0 Å². The summed E-state index contributed by atoms with van der Waals surface area (Å²) >= 11 is 1.38. The molecule has 4 heteroatoms. The molecule has 1 fully saturated rings. The number of nitrogens with zero attached hydrogens (tertiary/aromatic N) is 1. The summed E-state index contributed by atoms with van der Waals surface area (Å²) < 4.78 is 4.58. The second-order valence-corrected chi connectivity index (χ2v) is 2.48. The Labute approximate surface area is 52.7 Å². The minimum absolute atomic E-state index is 0.108. The number of nitrogens with one attached hydrogen (secondary N) is 1. The molecule has 0 unspecified atom stereocenters. The number of carbonyl (C=O) groups excluding carboxylic acids is 1. The zero-order valence-electron chi connectivity index (χ0n) is 4.68. The van der Waals surface area contributed by atoms with Crippen molar-refractivity contribution >= 4 is 18.0 Å². The normalized spacial score (nSPS) is 21.4. The van der Waals surface area contributed by atoms with Gasteiger partial charge in [-0.3, -0.25) is 9.52 Å². The standard InChI is InChI=1S/C4H8N2OS/c1-2-6-3-4(7)5-8-6/h2-3H2,1H3,(H,5,7). The molecule has 8 heavy (non-hydrogen) atoms. The van der Waals surface area contributed by atoms with Crippen molar-refractivity contribution in [3.8, 4) is 0 Å². The third kappa shape index (κ3) is 1.14. The van der Waals surface area contributed by atoms with E-state index in [2.05, 4.69) is 4.72 Å². The lowest BCUT2D eigenvalue weighted by molar-refractivity contribution is -0.118. The lowest BCUT2D eigenvalue weighted by atomic mass is 10.6. The first-order valence-corrected chi connectivity index (χ1v) is 3.31. The van der Waals surface area contributed by atoms with Gasteiger partial charge in [0.05, 0.1) is 6.54 Å². The van der Waals surface area contributed by atoms with Crippen molar-refractivity contribution in [1.82, 2.24) is 9.03 Å². The molecule has 1 saturated heterocycles. The van der Waals surface area contributed by atoms with Gasteiger partial charge in [-0.1, -0.05) is 6.92 Å². The molecule has 0 spiro atoms.